The van der Waals surface area contributed by atoms with Gasteiger partial charge in [0.05, 0.1) is 3.79 Å². The second kappa shape index (κ2) is 5.65. The lowest BCUT2D eigenvalue weighted by atomic mass is 9.77. The molecular weight excluding hydrogens is 282 g/mol. The molecule has 1 N–H and O–H groups in total. The molecule has 2 rings (SSSR count). The van der Waals surface area contributed by atoms with E-state index in [4.69, 9.17) is 0 Å². The van der Waals surface area contributed by atoms with E-state index in [-0.39, 0.29) is 0 Å². The van der Waals surface area contributed by atoms with Gasteiger partial charge in [0.1, 0.15) is 0 Å². The molecule has 90 valence electrons. The average molecular weight is 302 g/mol. The molecule has 1 nitrogen and oxygen atoms in total. The van der Waals surface area contributed by atoms with Crippen LogP contribution in [0.5, 0.6) is 0 Å². The fourth-order valence-electron chi connectivity index (χ4n) is 2.94. The van der Waals surface area contributed by atoms with E-state index in [9.17, 15) is 0 Å². The zero-order valence-corrected chi connectivity index (χ0v) is 12.4. The lowest BCUT2D eigenvalue weighted by Gasteiger charge is -2.33. The third-order valence-corrected chi connectivity index (χ3v) is 5.23. The van der Waals surface area contributed by atoms with E-state index in [1.165, 1.54) is 35.0 Å². The van der Waals surface area contributed by atoms with Crippen LogP contribution in [0.15, 0.2) is 15.2 Å². The second-order valence-electron chi connectivity index (χ2n) is 4.98. The highest BCUT2D eigenvalue weighted by Gasteiger charge is 2.27. The summed E-state index contributed by atoms with van der Waals surface area (Å²) < 4.78 is 1.24. The number of nitrogens with one attached hydrogen (secondary N) is 1. The highest BCUT2D eigenvalue weighted by atomic mass is 79.9. The van der Waals surface area contributed by atoms with Crippen LogP contribution in [0.1, 0.15) is 44.2 Å². The quantitative estimate of drug-likeness (QED) is 0.860. The minimum absolute atomic E-state index is 0.547. The van der Waals surface area contributed by atoms with Gasteiger partial charge in [-0.15, -0.1) is 11.3 Å². The molecule has 1 aliphatic carbocycles. The Labute approximate surface area is 111 Å². The molecule has 3 atom stereocenters. The fraction of sp³-hybridized carbons (Fsp3) is 0.692. The van der Waals surface area contributed by atoms with Gasteiger partial charge in [0.15, 0.2) is 0 Å². The van der Waals surface area contributed by atoms with Gasteiger partial charge >= 0.3 is 0 Å². The van der Waals surface area contributed by atoms with Crippen molar-refractivity contribution >= 4 is 27.3 Å². The van der Waals surface area contributed by atoms with Crippen molar-refractivity contribution in [3.8, 4) is 0 Å². The number of hydrogen-bond donors (Lipinski definition) is 1. The molecular formula is C13H20BrNS. The minimum Gasteiger partial charge on any atom is -0.313 e. The van der Waals surface area contributed by atoms with Crippen molar-refractivity contribution in [3.05, 3.63) is 20.8 Å². The Hall–Kier alpha value is 0.140. The molecule has 1 aliphatic rings. The molecule has 1 aromatic heterocycles. The average Bonchev–Trinajstić information content (AvgIpc) is 2.66. The molecule has 0 bridgehead atoms. The standard InChI is InChI=1S/C13H20BrNS/c1-9-4-3-5-10(6-9)13(15-2)11-7-12(14)16-8-11/h7-10,13,15H,3-6H2,1-2H3. The Balaban J connectivity index is 2.09. The molecule has 0 spiro atoms. The van der Waals surface area contributed by atoms with Crippen LogP contribution < -0.4 is 5.32 Å². The van der Waals surface area contributed by atoms with Crippen molar-refractivity contribution in [1.29, 1.82) is 0 Å². The Bertz CT molecular complexity index is 336. The molecule has 1 fully saturated rings. The molecule has 0 amide bonds. The predicted octanol–water partition coefficient (Wildman–Crippen LogP) is 4.60. The van der Waals surface area contributed by atoms with Crippen LogP contribution in [0.3, 0.4) is 0 Å². The van der Waals surface area contributed by atoms with Crippen molar-refractivity contribution in [2.75, 3.05) is 7.05 Å². The van der Waals surface area contributed by atoms with Crippen molar-refractivity contribution in [2.45, 2.75) is 38.6 Å². The third-order valence-electron chi connectivity index (χ3n) is 3.71. The molecule has 1 aromatic rings. The summed E-state index contributed by atoms with van der Waals surface area (Å²) >= 11 is 5.35. The van der Waals surface area contributed by atoms with E-state index in [1.54, 1.807) is 11.3 Å². The van der Waals surface area contributed by atoms with Gasteiger partial charge in [-0.1, -0.05) is 19.8 Å². The van der Waals surface area contributed by atoms with E-state index in [0.717, 1.165) is 11.8 Å². The monoisotopic (exact) mass is 301 g/mol. The highest BCUT2D eigenvalue weighted by Crippen LogP contribution is 2.38. The van der Waals surface area contributed by atoms with Crippen LogP contribution in [0.2, 0.25) is 0 Å². The van der Waals surface area contributed by atoms with Gasteiger partial charge in [-0.2, -0.15) is 0 Å². The molecule has 0 saturated heterocycles. The maximum Gasteiger partial charge on any atom is 0.0701 e. The van der Waals surface area contributed by atoms with E-state index in [1.807, 2.05) is 0 Å². The molecule has 3 heteroatoms. The Kier molecular flexibility index (Phi) is 4.45. The number of halogens is 1. The van der Waals surface area contributed by atoms with E-state index in [0.29, 0.717) is 6.04 Å². The van der Waals surface area contributed by atoms with Gasteiger partial charge in [-0.3, -0.25) is 0 Å². The van der Waals surface area contributed by atoms with Gasteiger partial charge in [0.2, 0.25) is 0 Å². The summed E-state index contributed by atoms with van der Waals surface area (Å²) in [6, 6.07) is 2.82. The highest BCUT2D eigenvalue weighted by molar-refractivity contribution is 9.11. The minimum atomic E-state index is 0.547. The molecule has 0 aliphatic heterocycles. The van der Waals surface area contributed by atoms with Crippen LogP contribution in [-0.2, 0) is 0 Å². The smallest absolute Gasteiger partial charge is 0.0701 e. The molecule has 16 heavy (non-hydrogen) atoms. The zero-order valence-electron chi connectivity index (χ0n) is 10.0. The Morgan fingerprint density at radius 2 is 2.31 bits per heavy atom. The Morgan fingerprint density at radius 3 is 2.88 bits per heavy atom. The van der Waals surface area contributed by atoms with E-state index < -0.39 is 0 Å². The van der Waals surface area contributed by atoms with Crippen molar-refractivity contribution in [2.24, 2.45) is 11.8 Å². The molecule has 1 heterocycles. The summed E-state index contributed by atoms with van der Waals surface area (Å²) in [6.07, 6.45) is 5.57. The fourth-order valence-corrected chi connectivity index (χ4v) is 4.16. The molecule has 3 unspecified atom stereocenters. The van der Waals surface area contributed by atoms with E-state index in [2.05, 4.69) is 46.7 Å². The maximum absolute atomic E-state index is 3.56. The molecule has 0 radical (unpaired) electrons. The first kappa shape index (κ1) is 12.6. The summed E-state index contributed by atoms with van der Waals surface area (Å²) in [7, 11) is 2.09. The van der Waals surface area contributed by atoms with Gasteiger partial charge < -0.3 is 5.32 Å². The van der Waals surface area contributed by atoms with Crippen LogP contribution in [-0.4, -0.2) is 7.05 Å². The third kappa shape index (κ3) is 2.88. The van der Waals surface area contributed by atoms with Crippen LogP contribution in [0, 0.1) is 11.8 Å². The first-order valence-electron chi connectivity index (χ1n) is 6.12. The summed E-state index contributed by atoms with van der Waals surface area (Å²) in [5, 5.41) is 5.79. The molecule has 0 aromatic carbocycles. The summed E-state index contributed by atoms with van der Waals surface area (Å²) in [5.74, 6) is 1.71. The van der Waals surface area contributed by atoms with Gasteiger partial charge in [0.25, 0.3) is 0 Å². The van der Waals surface area contributed by atoms with Crippen LogP contribution in [0.4, 0.5) is 0 Å². The van der Waals surface area contributed by atoms with Gasteiger partial charge in [-0.25, -0.2) is 0 Å². The van der Waals surface area contributed by atoms with Crippen molar-refractivity contribution < 1.29 is 0 Å². The zero-order chi connectivity index (χ0) is 11.5. The predicted molar refractivity (Wildman–Crippen MR) is 74.9 cm³/mol. The van der Waals surface area contributed by atoms with Crippen molar-refractivity contribution in [1.82, 2.24) is 5.32 Å². The number of hydrogen-bond acceptors (Lipinski definition) is 2. The SMILES string of the molecule is CNC(c1csc(Br)c1)C1CCCC(C)C1. The van der Waals surface area contributed by atoms with Crippen molar-refractivity contribution in [3.63, 3.8) is 0 Å². The van der Waals surface area contributed by atoms with Crippen LogP contribution in [0.25, 0.3) is 0 Å². The second-order valence-corrected chi connectivity index (χ2v) is 7.27. The lowest BCUT2D eigenvalue weighted by molar-refractivity contribution is 0.230. The maximum atomic E-state index is 3.56. The van der Waals surface area contributed by atoms with Gasteiger partial charge in [0, 0.05) is 6.04 Å². The normalized spacial score (nSPS) is 27.9. The summed E-state index contributed by atoms with van der Waals surface area (Å²) in [4.78, 5) is 0. The number of thiophene rings is 1. The van der Waals surface area contributed by atoms with E-state index >= 15 is 0 Å². The Morgan fingerprint density at radius 1 is 1.50 bits per heavy atom. The summed E-state index contributed by atoms with van der Waals surface area (Å²) in [5.41, 5.74) is 1.46. The summed E-state index contributed by atoms with van der Waals surface area (Å²) in [6.45, 7) is 2.39. The van der Waals surface area contributed by atoms with Crippen LogP contribution >= 0.6 is 27.3 Å². The first-order valence-corrected chi connectivity index (χ1v) is 7.79. The number of rotatable bonds is 3. The molecule has 1 saturated carbocycles. The largest absolute Gasteiger partial charge is 0.313 e. The first-order chi connectivity index (χ1) is 7.70. The lowest BCUT2D eigenvalue weighted by Crippen LogP contribution is -2.28. The topological polar surface area (TPSA) is 12.0 Å². The van der Waals surface area contributed by atoms with Gasteiger partial charge in [-0.05, 0) is 64.7 Å².